The highest BCUT2D eigenvalue weighted by Crippen LogP contribution is 2.34. The molecule has 1 unspecified atom stereocenters. The maximum absolute atomic E-state index is 12.8. The lowest BCUT2D eigenvalue weighted by Crippen LogP contribution is -2.41. The molecule has 1 aliphatic rings. The quantitative estimate of drug-likeness (QED) is 0.607. The molecule has 2 rings (SSSR count). The summed E-state index contributed by atoms with van der Waals surface area (Å²) >= 11 is 5.16. The van der Waals surface area contributed by atoms with Crippen LogP contribution in [0.25, 0.3) is 0 Å². The summed E-state index contributed by atoms with van der Waals surface area (Å²) in [5.74, 6) is -3.07. The van der Waals surface area contributed by atoms with Crippen molar-refractivity contribution in [2.45, 2.75) is 18.7 Å². The van der Waals surface area contributed by atoms with Crippen LogP contribution in [0.5, 0.6) is 5.88 Å². The van der Waals surface area contributed by atoms with Crippen LogP contribution in [-0.2, 0) is 16.6 Å². The third-order valence-electron chi connectivity index (χ3n) is 2.66. The van der Waals surface area contributed by atoms with Gasteiger partial charge in [-0.15, -0.1) is 0 Å². The number of carboxylic acids is 1. The Morgan fingerprint density at radius 1 is 1.43 bits per heavy atom. The maximum atomic E-state index is 12.8. The van der Waals surface area contributed by atoms with Crippen molar-refractivity contribution in [2.24, 2.45) is 7.05 Å². The van der Waals surface area contributed by atoms with Gasteiger partial charge < -0.3 is 9.84 Å². The fraction of sp³-hybridized carbons (Fsp3) is 0.545. The molecule has 2 heterocycles. The Morgan fingerprint density at radius 3 is 2.39 bits per heavy atom. The molecule has 0 aromatic carbocycles. The van der Waals surface area contributed by atoms with Crippen molar-refractivity contribution in [2.75, 3.05) is 18.1 Å². The summed E-state index contributed by atoms with van der Waals surface area (Å²) < 4.78 is 51.5. The molecule has 1 aromatic heterocycles. The van der Waals surface area contributed by atoms with Crippen molar-refractivity contribution in [3.63, 3.8) is 0 Å². The molecule has 0 bridgehead atoms. The first-order chi connectivity index (χ1) is 10.5. The van der Waals surface area contributed by atoms with Crippen LogP contribution in [0.4, 0.5) is 23.2 Å². The van der Waals surface area contributed by atoms with Crippen LogP contribution in [0.15, 0.2) is 0 Å². The summed E-state index contributed by atoms with van der Waals surface area (Å²) in [7, 11) is 1.70. The Morgan fingerprint density at radius 2 is 1.96 bits per heavy atom. The predicted octanol–water partition coefficient (Wildman–Crippen LogP) is 1.62. The Kier molecular flexibility index (Phi) is 5.81. The van der Waals surface area contributed by atoms with Gasteiger partial charge in [-0.3, -0.25) is 9.69 Å². The second kappa shape index (κ2) is 7.02. The van der Waals surface area contributed by atoms with Gasteiger partial charge in [-0.1, -0.05) is 11.6 Å². The number of alkyl halides is 5. The number of halogens is 5. The molecule has 0 radical (unpaired) electrons. The fourth-order valence-corrected chi connectivity index (χ4v) is 1.90. The fourth-order valence-electron chi connectivity index (χ4n) is 1.78. The third kappa shape index (κ3) is 4.47. The van der Waals surface area contributed by atoms with E-state index in [4.69, 9.17) is 26.2 Å². The zero-order valence-electron chi connectivity index (χ0n) is 11.9. The van der Waals surface area contributed by atoms with Crippen LogP contribution in [0.1, 0.15) is 5.69 Å². The van der Waals surface area contributed by atoms with Gasteiger partial charge in [-0.25, -0.2) is 13.9 Å². The van der Waals surface area contributed by atoms with Gasteiger partial charge in [0.05, 0.1) is 12.2 Å². The number of fused-ring (bicyclic) bond motifs is 1. The number of anilines is 1. The van der Waals surface area contributed by atoms with Crippen LogP contribution in [-0.4, -0.2) is 51.7 Å². The highest BCUT2D eigenvalue weighted by atomic mass is 35.5. The van der Waals surface area contributed by atoms with Crippen LogP contribution in [0, 0.1) is 6.92 Å². The Bertz CT molecular complexity index is 603. The maximum Gasteiger partial charge on any atom is 0.490 e. The predicted molar refractivity (Wildman–Crippen MR) is 70.2 cm³/mol. The number of hydrogen-bond donors (Lipinski definition) is 1. The number of rotatable bonds is 1. The molecule has 1 aromatic rings. The van der Waals surface area contributed by atoms with Gasteiger partial charge in [0.2, 0.25) is 5.88 Å². The zero-order valence-corrected chi connectivity index (χ0v) is 12.7. The number of carboxylic acid groups (broad SMARTS) is 1. The molecule has 130 valence electrons. The number of aromatic nitrogens is 2. The topological polar surface area (TPSA) is 84.7 Å². The Balaban J connectivity index is 0.000000322. The summed E-state index contributed by atoms with van der Waals surface area (Å²) in [6.45, 7) is 2.32. The minimum absolute atomic E-state index is 0.283. The van der Waals surface area contributed by atoms with E-state index in [2.05, 4.69) is 5.10 Å². The molecule has 1 aliphatic heterocycles. The normalized spacial score (nSPS) is 15.0. The van der Waals surface area contributed by atoms with E-state index in [1.807, 2.05) is 0 Å². The van der Waals surface area contributed by atoms with Gasteiger partial charge in [0.15, 0.2) is 0 Å². The molecule has 0 fully saturated rings. The first-order valence-corrected chi connectivity index (χ1v) is 6.46. The average molecular weight is 362 g/mol. The minimum Gasteiger partial charge on any atom is -0.475 e. The molecule has 12 heteroatoms. The molecule has 0 spiro atoms. The van der Waals surface area contributed by atoms with Gasteiger partial charge in [0.1, 0.15) is 12.3 Å². The Labute approximate surface area is 132 Å². The lowest BCUT2D eigenvalue weighted by Gasteiger charge is -2.27. The van der Waals surface area contributed by atoms with Gasteiger partial charge in [0.25, 0.3) is 11.5 Å². The van der Waals surface area contributed by atoms with E-state index in [0.29, 0.717) is 23.9 Å². The summed E-state index contributed by atoms with van der Waals surface area (Å²) in [6.07, 6.45) is -5.08. The van der Waals surface area contributed by atoms with E-state index in [1.54, 1.807) is 14.0 Å². The van der Waals surface area contributed by atoms with Gasteiger partial charge >= 0.3 is 12.1 Å². The monoisotopic (exact) mass is 361 g/mol. The van der Waals surface area contributed by atoms with Crippen molar-refractivity contribution in [1.82, 2.24) is 9.78 Å². The molecule has 0 saturated carbocycles. The number of carbonyl (C=O) groups is 2. The van der Waals surface area contributed by atoms with E-state index in [-0.39, 0.29) is 6.54 Å². The van der Waals surface area contributed by atoms with E-state index < -0.39 is 23.7 Å². The zero-order chi connectivity index (χ0) is 17.9. The first kappa shape index (κ1) is 19.0. The van der Waals surface area contributed by atoms with Crippen molar-refractivity contribution >= 4 is 29.2 Å². The SMILES string of the molecule is Cc1nn(C)c2c1N(C(=O)C(F)Cl)CCO2.O=C(O)C(F)(F)F. The second-order valence-electron chi connectivity index (χ2n) is 4.30. The summed E-state index contributed by atoms with van der Waals surface area (Å²) in [5, 5.41) is 11.2. The average Bonchev–Trinajstić information content (AvgIpc) is 2.73. The standard InChI is InChI=1S/C9H11ClFN3O2.C2HF3O2/c1-5-6-9(13(2)12-5)16-4-3-14(6)8(15)7(10)11;3-2(4,5)1(6)7/h7H,3-4H2,1-2H3;(H,6,7). The lowest BCUT2D eigenvalue weighted by atomic mass is 10.3. The molecule has 7 nitrogen and oxygen atoms in total. The molecular formula is C11H12ClF4N3O4. The number of aryl methyl sites for hydroxylation is 2. The van der Waals surface area contributed by atoms with Crippen molar-refractivity contribution in [3.05, 3.63) is 5.69 Å². The van der Waals surface area contributed by atoms with Crippen molar-refractivity contribution in [1.29, 1.82) is 0 Å². The van der Waals surface area contributed by atoms with Crippen molar-refractivity contribution in [3.8, 4) is 5.88 Å². The van der Waals surface area contributed by atoms with Crippen LogP contribution in [0.2, 0.25) is 0 Å². The molecule has 1 amide bonds. The molecule has 23 heavy (non-hydrogen) atoms. The molecular weight excluding hydrogens is 350 g/mol. The first-order valence-electron chi connectivity index (χ1n) is 6.02. The van der Waals surface area contributed by atoms with E-state index in [9.17, 15) is 22.4 Å². The third-order valence-corrected chi connectivity index (χ3v) is 2.84. The van der Waals surface area contributed by atoms with Crippen molar-refractivity contribution < 1.29 is 37.0 Å². The van der Waals surface area contributed by atoms with Gasteiger partial charge in [-0.2, -0.15) is 18.3 Å². The number of carbonyl (C=O) groups excluding carboxylic acids is 1. The number of aliphatic carboxylic acids is 1. The molecule has 1 atom stereocenters. The molecule has 0 saturated heterocycles. The van der Waals surface area contributed by atoms with E-state index in [1.165, 1.54) is 9.58 Å². The van der Waals surface area contributed by atoms with Gasteiger partial charge in [0, 0.05) is 7.05 Å². The lowest BCUT2D eigenvalue weighted by molar-refractivity contribution is -0.192. The number of ether oxygens (including phenoxy) is 1. The van der Waals surface area contributed by atoms with E-state index >= 15 is 0 Å². The molecule has 1 N–H and O–H groups in total. The van der Waals surface area contributed by atoms with Crippen LogP contribution in [0.3, 0.4) is 0 Å². The number of amides is 1. The Hall–Kier alpha value is -2.04. The highest BCUT2D eigenvalue weighted by molar-refractivity contribution is 6.31. The summed E-state index contributed by atoms with van der Waals surface area (Å²) in [4.78, 5) is 21.7. The summed E-state index contributed by atoms with van der Waals surface area (Å²) in [5.41, 5.74) is -0.921. The summed E-state index contributed by atoms with van der Waals surface area (Å²) in [6, 6.07) is 0. The van der Waals surface area contributed by atoms with Gasteiger partial charge in [-0.05, 0) is 6.92 Å². The largest absolute Gasteiger partial charge is 0.490 e. The van der Waals surface area contributed by atoms with Crippen LogP contribution >= 0.6 is 11.6 Å². The number of hydrogen-bond acceptors (Lipinski definition) is 4. The van der Waals surface area contributed by atoms with Crippen LogP contribution < -0.4 is 9.64 Å². The van der Waals surface area contributed by atoms with E-state index in [0.717, 1.165) is 0 Å². The highest BCUT2D eigenvalue weighted by Gasteiger charge is 2.38. The second-order valence-corrected chi connectivity index (χ2v) is 4.69. The molecule has 0 aliphatic carbocycles. The smallest absolute Gasteiger partial charge is 0.475 e. The minimum atomic E-state index is -5.08. The number of nitrogens with zero attached hydrogens (tertiary/aromatic N) is 3.